The van der Waals surface area contributed by atoms with Crippen LogP contribution in [-0.4, -0.2) is 40.4 Å². The lowest BCUT2D eigenvalue weighted by atomic mass is 10.2. The summed E-state index contributed by atoms with van der Waals surface area (Å²) in [5.41, 5.74) is 0. The standard InChI is InChI=1S/C14H18O8/c1-7(15)21-13-9(17-3)11(19-5)14(22-8(2)16)12(20-6)10(13)18-4/h1-6H3. The Balaban J connectivity index is 3.78. The van der Waals surface area contributed by atoms with Crippen LogP contribution in [0.5, 0.6) is 34.5 Å². The zero-order chi connectivity index (χ0) is 16.9. The Morgan fingerprint density at radius 1 is 0.545 bits per heavy atom. The predicted octanol–water partition coefficient (Wildman–Crippen LogP) is 1.57. The third-order valence-electron chi connectivity index (χ3n) is 2.55. The van der Waals surface area contributed by atoms with Gasteiger partial charge in [0.15, 0.2) is 0 Å². The lowest BCUT2D eigenvalue weighted by Crippen LogP contribution is -2.10. The third-order valence-corrected chi connectivity index (χ3v) is 2.55. The highest BCUT2D eigenvalue weighted by Crippen LogP contribution is 2.57. The number of hydrogen-bond acceptors (Lipinski definition) is 8. The number of benzene rings is 1. The molecule has 1 aromatic carbocycles. The molecule has 0 aliphatic carbocycles. The van der Waals surface area contributed by atoms with Gasteiger partial charge in [0, 0.05) is 13.8 Å². The van der Waals surface area contributed by atoms with Crippen LogP contribution >= 0.6 is 0 Å². The molecule has 0 radical (unpaired) electrons. The Bertz CT molecular complexity index is 495. The smallest absolute Gasteiger partial charge is 0.308 e. The van der Waals surface area contributed by atoms with E-state index in [4.69, 9.17) is 28.4 Å². The maximum absolute atomic E-state index is 11.3. The van der Waals surface area contributed by atoms with Gasteiger partial charge in [-0.3, -0.25) is 9.59 Å². The number of rotatable bonds is 6. The van der Waals surface area contributed by atoms with Gasteiger partial charge in [-0.25, -0.2) is 0 Å². The van der Waals surface area contributed by atoms with Gasteiger partial charge in [-0.2, -0.15) is 0 Å². The molecule has 1 rings (SSSR count). The zero-order valence-electron chi connectivity index (χ0n) is 13.3. The van der Waals surface area contributed by atoms with Crippen LogP contribution in [0.15, 0.2) is 0 Å². The summed E-state index contributed by atoms with van der Waals surface area (Å²) >= 11 is 0. The number of carbonyl (C=O) groups excluding carboxylic acids is 2. The second kappa shape index (κ2) is 7.39. The van der Waals surface area contributed by atoms with Crippen LogP contribution in [0.1, 0.15) is 13.8 Å². The van der Waals surface area contributed by atoms with Crippen molar-refractivity contribution in [1.29, 1.82) is 0 Å². The van der Waals surface area contributed by atoms with E-state index >= 15 is 0 Å². The number of ether oxygens (including phenoxy) is 6. The van der Waals surface area contributed by atoms with E-state index in [-0.39, 0.29) is 34.5 Å². The van der Waals surface area contributed by atoms with Crippen molar-refractivity contribution in [1.82, 2.24) is 0 Å². The van der Waals surface area contributed by atoms with Crippen LogP contribution in [0.25, 0.3) is 0 Å². The summed E-state index contributed by atoms with van der Waals surface area (Å²) in [6.45, 7) is 2.44. The van der Waals surface area contributed by atoms with E-state index in [2.05, 4.69) is 0 Å². The first kappa shape index (κ1) is 17.4. The first-order chi connectivity index (χ1) is 10.4. The van der Waals surface area contributed by atoms with E-state index in [9.17, 15) is 9.59 Å². The second-order valence-corrected chi connectivity index (χ2v) is 3.98. The second-order valence-electron chi connectivity index (χ2n) is 3.98. The maximum Gasteiger partial charge on any atom is 0.308 e. The number of methoxy groups -OCH3 is 4. The molecule has 122 valence electrons. The monoisotopic (exact) mass is 314 g/mol. The summed E-state index contributed by atoms with van der Waals surface area (Å²) in [6, 6.07) is 0. The molecule has 0 aliphatic heterocycles. The Labute approximate surface area is 127 Å². The van der Waals surface area contributed by atoms with Crippen molar-refractivity contribution in [3.05, 3.63) is 0 Å². The van der Waals surface area contributed by atoms with Crippen LogP contribution in [0.3, 0.4) is 0 Å². The van der Waals surface area contributed by atoms with Crippen molar-refractivity contribution in [3.8, 4) is 34.5 Å². The van der Waals surface area contributed by atoms with Gasteiger partial charge in [0.25, 0.3) is 0 Å². The first-order valence-electron chi connectivity index (χ1n) is 6.17. The molecule has 0 aliphatic rings. The van der Waals surface area contributed by atoms with E-state index in [0.717, 1.165) is 0 Å². The topological polar surface area (TPSA) is 89.5 Å². The number of esters is 2. The van der Waals surface area contributed by atoms with E-state index in [0.29, 0.717) is 0 Å². The van der Waals surface area contributed by atoms with Gasteiger partial charge in [0.2, 0.25) is 34.5 Å². The maximum atomic E-state index is 11.3. The Morgan fingerprint density at radius 3 is 0.909 bits per heavy atom. The Morgan fingerprint density at radius 2 is 0.773 bits per heavy atom. The summed E-state index contributed by atoms with van der Waals surface area (Å²) in [7, 11) is 5.37. The molecule has 0 spiro atoms. The molecule has 0 unspecified atom stereocenters. The molecular weight excluding hydrogens is 296 g/mol. The fourth-order valence-corrected chi connectivity index (χ4v) is 1.83. The van der Waals surface area contributed by atoms with E-state index in [1.807, 2.05) is 0 Å². The molecule has 0 bridgehead atoms. The molecule has 0 fully saturated rings. The van der Waals surface area contributed by atoms with E-state index < -0.39 is 11.9 Å². The van der Waals surface area contributed by atoms with Crippen LogP contribution in [-0.2, 0) is 9.59 Å². The average molecular weight is 314 g/mol. The van der Waals surface area contributed by atoms with Gasteiger partial charge in [0.05, 0.1) is 28.4 Å². The van der Waals surface area contributed by atoms with Crippen LogP contribution in [0, 0.1) is 0 Å². The number of carbonyl (C=O) groups is 2. The summed E-state index contributed by atoms with van der Waals surface area (Å²) in [5, 5.41) is 0. The lowest BCUT2D eigenvalue weighted by Gasteiger charge is -2.21. The summed E-state index contributed by atoms with van der Waals surface area (Å²) in [4.78, 5) is 22.6. The van der Waals surface area contributed by atoms with Gasteiger partial charge < -0.3 is 28.4 Å². The molecule has 22 heavy (non-hydrogen) atoms. The Kier molecular flexibility index (Phi) is 5.85. The molecule has 0 aromatic heterocycles. The van der Waals surface area contributed by atoms with Crippen molar-refractivity contribution in [3.63, 3.8) is 0 Å². The van der Waals surface area contributed by atoms with Crippen LogP contribution in [0.4, 0.5) is 0 Å². The van der Waals surface area contributed by atoms with E-state index in [1.165, 1.54) is 42.3 Å². The van der Waals surface area contributed by atoms with Crippen LogP contribution < -0.4 is 28.4 Å². The quantitative estimate of drug-likeness (QED) is 0.577. The molecule has 1 aromatic rings. The Hall–Kier alpha value is -2.64. The van der Waals surface area contributed by atoms with Gasteiger partial charge in [-0.1, -0.05) is 0 Å². The van der Waals surface area contributed by atoms with Crippen LogP contribution in [0.2, 0.25) is 0 Å². The summed E-state index contributed by atoms with van der Waals surface area (Å²) < 4.78 is 31.0. The highest BCUT2D eigenvalue weighted by molar-refractivity contribution is 5.81. The minimum Gasteiger partial charge on any atom is -0.490 e. The zero-order valence-corrected chi connectivity index (χ0v) is 13.3. The highest BCUT2D eigenvalue weighted by Gasteiger charge is 2.31. The third kappa shape index (κ3) is 3.33. The van der Waals surface area contributed by atoms with Crippen molar-refractivity contribution in [2.75, 3.05) is 28.4 Å². The first-order valence-corrected chi connectivity index (χ1v) is 6.17. The van der Waals surface area contributed by atoms with Gasteiger partial charge in [-0.15, -0.1) is 0 Å². The van der Waals surface area contributed by atoms with E-state index in [1.54, 1.807) is 0 Å². The molecule has 0 N–H and O–H groups in total. The molecule has 0 saturated carbocycles. The van der Waals surface area contributed by atoms with Crippen molar-refractivity contribution >= 4 is 11.9 Å². The highest BCUT2D eigenvalue weighted by atomic mass is 16.6. The molecule has 0 saturated heterocycles. The minimum atomic E-state index is -0.596. The minimum absolute atomic E-state index is 0.0339. The molecular formula is C14H18O8. The average Bonchev–Trinajstić information content (AvgIpc) is 2.46. The molecule has 8 heteroatoms. The van der Waals surface area contributed by atoms with Gasteiger partial charge in [-0.05, 0) is 0 Å². The summed E-state index contributed by atoms with van der Waals surface area (Å²) in [5.74, 6) is -1.14. The normalized spacial score (nSPS) is 9.73. The summed E-state index contributed by atoms with van der Waals surface area (Å²) in [6.07, 6.45) is 0. The fraction of sp³-hybridized carbons (Fsp3) is 0.429. The number of hydrogen-bond donors (Lipinski definition) is 0. The lowest BCUT2D eigenvalue weighted by molar-refractivity contribution is -0.133. The fourth-order valence-electron chi connectivity index (χ4n) is 1.83. The van der Waals surface area contributed by atoms with Crippen molar-refractivity contribution < 1.29 is 38.0 Å². The van der Waals surface area contributed by atoms with Crippen molar-refractivity contribution in [2.45, 2.75) is 13.8 Å². The molecule has 8 nitrogen and oxygen atoms in total. The molecule has 0 amide bonds. The molecule has 0 heterocycles. The van der Waals surface area contributed by atoms with Gasteiger partial charge in [0.1, 0.15) is 0 Å². The largest absolute Gasteiger partial charge is 0.490 e. The predicted molar refractivity (Wildman–Crippen MR) is 75.3 cm³/mol. The SMILES string of the molecule is COc1c(OC)c(OC(C)=O)c(OC)c(OC)c1OC(C)=O. The van der Waals surface area contributed by atoms with Gasteiger partial charge >= 0.3 is 11.9 Å². The molecule has 0 atom stereocenters. The van der Waals surface area contributed by atoms with Crippen molar-refractivity contribution in [2.24, 2.45) is 0 Å².